The molecule has 0 saturated carbocycles. The summed E-state index contributed by atoms with van der Waals surface area (Å²) in [6.45, 7) is 0. The fourth-order valence-corrected chi connectivity index (χ4v) is 4.40. The minimum Gasteiger partial charge on any atom is -0.481 e. The van der Waals surface area contributed by atoms with Gasteiger partial charge in [-0.1, -0.05) is 15.9 Å². The molecule has 1 aliphatic heterocycles. The molecule has 0 amide bonds. The predicted molar refractivity (Wildman–Crippen MR) is 77.0 cm³/mol. The molecular weight excluding hydrogens is 404 g/mol. The van der Waals surface area contributed by atoms with Crippen LogP contribution in [0.4, 0.5) is 5.69 Å². The number of anilines is 1. The van der Waals surface area contributed by atoms with Crippen LogP contribution < -0.4 is 5.32 Å². The van der Waals surface area contributed by atoms with E-state index in [0.717, 1.165) is 0 Å². The van der Waals surface area contributed by atoms with Crippen LogP contribution in [0.3, 0.4) is 0 Å². The fourth-order valence-electron chi connectivity index (χ4n) is 1.57. The van der Waals surface area contributed by atoms with Gasteiger partial charge >= 0.3 is 5.97 Å². The minimum absolute atomic E-state index is 0.0243. The number of halogens is 2. The Morgan fingerprint density at radius 1 is 1.37 bits per heavy atom. The summed E-state index contributed by atoms with van der Waals surface area (Å²) in [5, 5.41) is 11.5. The van der Waals surface area contributed by atoms with E-state index in [0.29, 0.717) is 14.6 Å². The Kier molecular flexibility index (Phi) is 3.98. The second-order valence-electron chi connectivity index (χ2n) is 3.79. The van der Waals surface area contributed by atoms with Crippen molar-refractivity contribution in [3.8, 4) is 0 Å². The van der Waals surface area contributed by atoms with Crippen LogP contribution in [-0.4, -0.2) is 25.3 Å². The summed E-state index contributed by atoms with van der Waals surface area (Å²) in [4.78, 5) is 10.6. The van der Waals surface area contributed by atoms with Crippen molar-refractivity contribution >= 4 is 59.4 Å². The van der Waals surface area contributed by atoms with Gasteiger partial charge in [-0.05, 0) is 28.1 Å². The molecule has 0 aliphatic carbocycles. The van der Waals surface area contributed by atoms with E-state index < -0.39 is 16.0 Å². The molecule has 0 fully saturated rings. The first kappa shape index (κ1) is 14.5. The molecule has 6 nitrogen and oxygen atoms in total. The number of rotatable bonds is 3. The maximum absolute atomic E-state index is 12.0. The molecule has 19 heavy (non-hydrogen) atoms. The summed E-state index contributed by atoms with van der Waals surface area (Å²) in [6, 6.07) is 3.14. The van der Waals surface area contributed by atoms with Crippen LogP contribution in [0.1, 0.15) is 12.8 Å². The van der Waals surface area contributed by atoms with Gasteiger partial charge in [-0.15, -0.1) is 4.40 Å². The highest BCUT2D eigenvalue weighted by Gasteiger charge is 2.27. The lowest BCUT2D eigenvalue weighted by molar-refractivity contribution is -0.136. The summed E-state index contributed by atoms with van der Waals surface area (Å²) in [6.07, 6.45) is -0.165. The molecule has 2 rings (SSSR count). The van der Waals surface area contributed by atoms with Crippen LogP contribution in [0.5, 0.6) is 0 Å². The molecule has 102 valence electrons. The zero-order valence-corrected chi connectivity index (χ0v) is 13.3. The quantitative estimate of drug-likeness (QED) is 0.796. The van der Waals surface area contributed by atoms with Crippen molar-refractivity contribution in [1.82, 2.24) is 0 Å². The number of carboxylic acid groups (broad SMARTS) is 1. The summed E-state index contributed by atoms with van der Waals surface area (Å²) in [7, 11) is -3.81. The number of benzene rings is 1. The second-order valence-corrected chi connectivity index (χ2v) is 7.14. The van der Waals surface area contributed by atoms with Gasteiger partial charge in [0, 0.05) is 15.4 Å². The molecule has 0 aromatic heterocycles. The average molecular weight is 412 g/mol. The van der Waals surface area contributed by atoms with Gasteiger partial charge in [-0.25, -0.2) is 0 Å². The molecule has 0 atom stereocenters. The Morgan fingerprint density at radius 3 is 2.68 bits per heavy atom. The molecular formula is C10H8Br2N2O4S. The first-order valence-electron chi connectivity index (χ1n) is 5.11. The van der Waals surface area contributed by atoms with Gasteiger partial charge in [0.1, 0.15) is 10.7 Å². The highest BCUT2D eigenvalue weighted by atomic mass is 79.9. The van der Waals surface area contributed by atoms with Crippen LogP contribution in [-0.2, 0) is 14.8 Å². The van der Waals surface area contributed by atoms with Crippen molar-refractivity contribution < 1.29 is 18.3 Å². The summed E-state index contributed by atoms with van der Waals surface area (Å²) in [5.41, 5.74) is 0.374. The van der Waals surface area contributed by atoms with Gasteiger partial charge in [0.05, 0.1) is 12.1 Å². The number of nitrogens with one attached hydrogen (secondary N) is 1. The lowest BCUT2D eigenvalue weighted by Crippen LogP contribution is -2.22. The van der Waals surface area contributed by atoms with E-state index in [1.54, 1.807) is 6.07 Å². The highest BCUT2D eigenvalue weighted by Crippen LogP contribution is 2.37. The summed E-state index contributed by atoms with van der Waals surface area (Å²) in [5.74, 6) is -0.888. The number of carbonyl (C=O) groups is 1. The molecule has 1 heterocycles. The number of amidine groups is 1. The maximum atomic E-state index is 12.0. The third-order valence-electron chi connectivity index (χ3n) is 2.37. The lowest BCUT2D eigenvalue weighted by Gasteiger charge is -2.19. The Morgan fingerprint density at radius 2 is 2.05 bits per heavy atom. The normalized spacial score (nSPS) is 16.2. The Labute approximate surface area is 126 Å². The largest absolute Gasteiger partial charge is 0.481 e. The van der Waals surface area contributed by atoms with Gasteiger partial charge in [0.25, 0.3) is 10.0 Å². The van der Waals surface area contributed by atoms with Gasteiger partial charge < -0.3 is 10.4 Å². The van der Waals surface area contributed by atoms with Gasteiger partial charge in [-0.2, -0.15) is 8.42 Å². The third kappa shape index (κ3) is 3.15. The summed E-state index contributed by atoms with van der Waals surface area (Å²) >= 11 is 6.47. The van der Waals surface area contributed by atoms with Crippen molar-refractivity contribution in [3.63, 3.8) is 0 Å². The van der Waals surface area contributed by atoms with Gasteiger partial charge in [0.15, 0.2) is 0 Å². The second kappa shape index (κ2) is 5.22. The van der Waals surface area contributed by atoms with Crippen molar-refractivity contribution in [1.29, 1.82) is 0 Å². The molecule has 0 radical (unpaired) electrons. The Balaban J connectivity index is 2.44. The maximum Gasteiger partial charge on any atom is 0.303 e. The Bertz CT molecular complexity index is 685. The molecule has 2 N–H and O–H groups in total. The lowest BCUT2D eigenvalue weighted by atomic mass is 10.2. The van der Waals surface area contributed by atoms with E-state index in [1.165, 1.54) is 6.07 Å². The van der Waals surface area contributed by atoms with Gasteiger partial charge in [-0.3, -0.25) is 4.79 Å². The van der Waals surface area contributed by atoms with E-state index in [2.05, 4.69) is 41.6 Å². The zero-order chi connectivity index (χ0) is 14.2. The number of carboxylic acids is 1. The van der Waals surface area contributed by atoms with E-state index in [9.17, 15) is 13.2 Å². The van der Waals surface area contributed by atoms with E-state index in [-0.39, 0.29) is 23.6 Å². The van der Waals surface area contributed by atoms with Crippen molar-refractivity contribution in [3.05, 3.63) is 21.1 Å². The number of nitrogens with zero attached hydrogens (tertiary/aromatic N) is 1. The SMILES string of the molecule is O=C(O)CCC1=NS(=O)(=O)c2cc(Br)cc(Br)c2N1. The zero-order valence-electron chi connectivity index (χ0n) is 9.35. The average Bonchev–Trinajstić information content (AvgIpc) is 2.27. The first-order valence-corrected chi connectivity index (χ1v) is 8.14. The first-order chi connectivity index (χ1) is 8.79. The Hall–Kier alpha value is -0.930. The molecule has 1 aromatic carbocycles. The van der Waals surface area contributed by atoms with Crippen LogP contribution in [0, 0.1) is 0 Å². The molecule has 1 aromatic rings. The molecule has 9 heteroatoms. The minimum atomic E-state index is -3.81. The van der Waals surface area contributed by atoms with Crippen LogP contribution in [0.15, 0.2) is 30.4 Å². The highest BCUT2D eigenvalue weighted by molar-refractivity contribution is 9.11. The van der Waals surface area contributed by atoms with Crippen LogP contribution >= 0.6 is 31.9 Å². The topological polar surface area (TPSA) is 95.8 Å². The summed E-state index contributed by atoms with van der Waals surface area (Å²) < 4.78 is 28.8. The number of fused-ring (bicyclic) bond motifs is 1. The monoisotopic (exact) mass is 410 g/mol. The number of hydrogen-bond donors (Lipinski definition) is 2. The molecule has 0 unspecified atom stereocenters. The van der Waals surface area contributed by atoms with E-state index in [4.69, 9.17) is 5.11 Å². The molecule has 0 saturated heterocycles. The van der Waals surface area contributed by atoms with Crippen LogP contribution in [0.25, 0.3) is 0 Å². The van der Waals surface area contributed by atoms with E-state index >= 15 is 0 Å². The van der Waals surface area contributed by atoms with Crippen molar-refractivity contribution in [2.24, 2.45) is 4.40 Å². The predicted octanol–water partition coefficient (Wildman–Crippen LogP) is 2.59. The molecule has 1 aliphatic rings. The number of hydrogen-bond acceptors (Lipinski definition) is 4. The smallest absolute Gasteiger partial charge is 0.303 e. The molecule has 0 bridgehead atoms. The third-order valence-corrected chi connectivity index (χ3v) is 4.79. The van der Waals surface area contributed by atoms with Crippen LogP contribution in [0.2, 0.25) is 0 Å². The number of sulfonamides is 1. The van der Waals surface area contributed by atoms with Crippen molar-refractivity contribution in [2.45, 2.75) is 17.7 Å². The van der Waals surface area contributed by atoms with E-state index in [1.807, 2.05) is 0 Å². The fraction of sp³-hybridized carbons (Fsp3) is 0.200. The molecule has 0 spiro atoms. The standard InChI is InChI=1S/C10H8Br2N2O4S/c11-5-3-6(12)10-7(4-5)19(17,18)14-8(13-10)1-2-9(15)16/h3-4H,1-2H2,(H,13,14)(H,15,16). The van der Waals surface area contributed by atoms with Gasteiger partial charge in [0.2, 0.25) is 0 Å². The van der Waals surface area contributed by atoms with Crippen molar-refractivity contribution in [2.75, 3.05) is 5.32 Å². The number of aliphatic carboxylic acids is 1.